The quantitative estimate of drug-likeness (QED) is 0.590. The normalized spacial score (nSPS) is 24.1. The van der Waals surface area contributed by atoms with Gasteiger partial charge in [0.1, 0.15) is 10.9 Å². The summed E-state index contributed by atoms with van der Waals surface area (Å²) in [6.07, 6.45) is 2.13. The summed E-state index contributed by atoms with van der Waals surface area (Å²) in [7, 11) is 0. The minimum Gasteiger partial charge on any atom is -0.459 e. The molecule has 0 bridgehead atoms. The molecule has 0 aliphatic carbocycles. The molecule has 2 nitrogen and oxygen atoms in total. The molecule has 1 aliphatic rings. The maximum Gasteiger partial charge on any atom is 0.319 e. The topological polar surface area (TPSA) is 26.3 Å². The fraction of sp³-hybridized carbons (Fsp3) is 0.889. The molecule has 0 amide bonds. The molecule has 0 radical (unpaired) electrons. The molecule has 1 fully saturated rings. The van der Waals surface area contributed by atoms with Crippen LogP contribution < -0.4 is 0 Å². The van der Waals surface area contributed by atoms with Crippen molar-refractivity contribution >= 4 is 17.7 Å². The lowest BCUT2D eigenvalue weighted by atomic mass is 10.2. The van der Waals surface area contributed by atoms with Crippen LogP contribution in [0.3, 0.4) is 0 Å². The first-order valence-electron chi connectivity index (χ1n) is 4.33. The number of esters is 1. The monoisotopic (exact) mass is 188 g/mol. The highest BCUT2D eigenvalue weighted by Crippen LogP contribution is 2.28. The van der Waals surface area contributed by atoms with Crippen LogP contribution in [0.1, 0.15) is 33.6 Å². The lowest BCUT2D eigenvalue weighted by Crippen LogP contribution is -2.29. The Kier molecular flexibility index (Phi) is 3.04. The molecule has 0 aromatic carbocycles. The van der Waals surface area contributed by atoms with Crippen molar-refractivity contribution in [3.05, 3.63) is 0 Å². The van der Waals surface area contributed by atoms with Gasteiger partial charge in [-0.3, -0.25) is 4.79 Å². The van der Waals surface area contributed by atoms with E-state index in [2.05, 4.69) is 0 Å². The van der Waals surface area contributed by atoms with E-state index < -0.39 is 0 Å². The molecule has 1 rings (SSSR count). The number of rotatable bonds is 1. The predicted molar refractivity (Wildman–Crippen MR) is 51.3 cm³/mol. The molecular formula is C9H16O2S. The Hall–Kier alpha value is -0.180. The van der Waals surface area contributed by atoms with E-state index in [0.717, 1.165) is 18.6 Å². The van der Waals surface area contributed by atoms with E-state index >= 15 is 0 Å². The van der Waals surface area contributed by atoms with Crippen molar-refractivity contribution in [3.8, 4) is 0 Å². The molecule has 1 atom stereocenters. The minimum atomic E-state index is -0.333. The van der Waals surface area contributed by atoms with Crippen LogP contribution >= 0.6 is 11.8 Å². The van der Waals surface area contributed by atoms with Gasteiger partial charge in [0.2, 0.25) is 0 Å². The van der Waals surface area contributed by atoms with Gasteiger partial charge in [0.05, 0.1) is 0 Å². The molecule has 12 heavy (non-hydrogen) atoms. The standard InChI is InChI=1S/C9H16O2S/c1-9(2,3)11-8(10)7-5-4-6-12-7/h7H,4-6H2,1-3H3. The third-order valence-corrected chi connectivity index (χ3v) is 2.95. The minimum absolute atomic E-state index is 0.0370. The van der Waals surface area contributed by atoms with Gasteiger partial charge < -0.3 is 4.74 Å². The first kappa shape index (κ1) is 9.90. The number of thioether (sulfide) groups is 1. The van der Waals surface area contributed by atoms with E-state index in [-0.39, 0.29) is 16.8 Å². The molecule has 1 aliphatic heterocycles. The van der Waals surface area contributed by atoms with Crippen molar-refractivity contribution < 1.29 is 9.53 Å². The number of hydrogen-bond donors (Lipinski definition) is 0. The zero-order valence-corrected chi connectivity index (χ0v) is 8.74. The Morgan fingerprint density at radius 2 is 2.17 bits per heavy atom. The highest BCUT2D eigenvalue weighted by molar-refractivity contribution is 8.00. The number of carbonyl (C=O) groups excluding carboxylic acids is 1. The molecule has 0 aromatic heterocycles. The summed E-state index contributed by atoms with van der Waals surface area (Å²) in [6.45, 7) is 5.72. The van der Waals surface area contributed by atoms with Crippen LogP contribution in [0.25, 0.3) is 0 Å². The van der Waals surface area contributed by atoms with Crippen molar-refractivity contribution in [3.63, 3.8) is 0 Å². The fourth-order valence-corrected chi connectivity index (χ4v) is 2.27. The van der Waals surface area contributed by atoms with Gasteiger partial charge in [-0.2, -0.15) is 0 Å². The van der Waals surface area contributed by atoms with Crippen LogP contribution in [0.4, 0.5) is 0 Å². The van der Waals surface area contributed by atoms with E-state index in [0.29, 0.717) is 0 Å². The molecule has 1 heterocycles. The Morgan fingerprint density at radius 3 is 2.58 bits per heavy atom. The van der Waals surface area contributed by atoms with Crippen LogP contribution in [0.5, 0.6) is 0 Å². The lowest BCUT2D eigenvalue weighted by molar-refractivity contribution is -0.154. The SMILES string of the molecule is CC(C)(C)OC(=O)C1CCCS1. The second kappa shape index (κ2) is 3.69. The summed E-state index contributed by atoms with van der Waals surface area (Å²) < 4.78 is 5.26. The molecule has 70 valence electrons. The van der Waals surface area contributed by atoms with Crippen molar-refractivity contribution in [2.45, 2.75) is 44.5 Å². The fourth-order valence-electron chi connectivity index (χ4n) is 1.13. The Balaban J connectivity index is 2.37. The van der Waals surface area contributed by atoms with E-state index in [1.165, 1.54) is 0 Å². The lowest BCUT2D eigenvalue weighted by Gasteiger charge is -2.21. The third-order valence-electron chi connectivity index (χ3n) is 1.60. The van der Waals surface area contributed by atoms with Crippen molar-refractivity contribution in [1.82, 2.24) is 0 Å². The average Bonchev–Trinajstić information content (AvgIpc) is 2.32. The van der Waals surface area contributed by atoms with Crippen molar-refractivity contribution in [2.24, 2.45) is 0 Å². The molecule has 0 saturated carbocycles. The van der Waals surface area contributed by atoms with Gasteiger partial charge in [-0.25, -0.2) is 0 Å². The number of ether oxygens (including phenoxy) is 1. The summed E-state index contributed by atoms with van der Waals surface area (Å²) in [6, 6.07) is 0. The van der Waals surface area contributed by atoms with Crippen LogP contribution in [0.15, 0.2) is 0 Å². The van der Waals surface area contributed by atoms with Gasteiger partial charge in [0, 0.05) is 0 Å². The van der Waals surface area contributed by atoms with Gasteiger partial charge in [-0.1, -0.05) is 0 Å². The average molecular weight is 188 g/mol. The second-order valence-corrected chi connectivity index (χ2v) is 5.35. The van der Waals surface area contributed by atoms with Crippen molar-refractivity contribution in [1.29, 1.82) is 0 Å². The maximum atomic E-state index is 11.4. The summed E-state index contributed by atoms with van der Waals surface area (Å²) >= 11 is 1.72. The molecule has 0 spiro atoms. The van der Waals surface area contributed by atoms with Gasteiger partial charge in [0.25, 0.3) is 0 Å². The molecular weight excluding hydrogens is 172 g/mol. The summed E-state index contributed by atoms with van der Waals surface area (Å²) in [5.74, 6) is 1.06. The van der Waals surface area contributed by atoms with Gasteiger partial charge in [-0.15, -0.1) is 11.8 Å². The Labute approximate surface area is 78.1 Å². The number of hydrogen-bond acceptors (Lipinski definition) is 3. The molecule has 0 aromatic rings. The highest BCUT2D eigenvalue weighted by atomic mass is 32.2. The van der Waals surface area contributed by atoms with E-state index in [1.54, 1.807) is 11.8 Å². The van der Waals surface area contributed by atoms with Crippen LogP contribution in [0.2, 0.25) is 0 Å². The maximum absolute atomic E-state index is 11.4. The first-order valence-corrected chi connectivity index (χ1v) is 5.38. The zero-order chi connectivity index (χ0) is 9.19. The van der Waals surface area contributed by atoms with Crippen molar-refractivity contribution in [2.75, 3.05) is 5.75 Å². The smallest absolute Gasteiger partial charge is 0.319 e. The van der Waals surface area contributed by atoms with E-state index in [9.17, 15) is 4.79 Å². The Bertz CT molecular complexity index is 166. The van der Waals surface area contributed by atoms with Gasteiger partial charge >= 0.3 is 5.97 Å². The molecule has 0 N–H and O–H groups in total. The molecule has 3 heteroatoms. The van der Waals surface area contributed by atoms with Gasteiger partial charge in [0.15, 0.2) is 0 Å². The largest absolute Gasteiger partial charge is 0.459 e. The van der Waals surface area contributed by atoms with Gasteiger partial charge in [-0.05, 0) is 39.4 Å². The summed E-state index contributed by atoms with van der Waals surface area (Å²) in [5, 5.41) is 0.101. The Morgan fingerprint density at radius 1 is 1.50 bits per heavy atom. The second-order valence-electron chi connectivity index (χ2n) is 4.04. The van der Waals surface area contributed by atoms with E-state index in [4.69, 9.17) is 4.74 Å². The molecule has 1 saturated heterocycles. The number of carbonyl (C=O) groups is 1. The first-order chi connectivity index (χ1) is 5.49. The van der Waals surface area contributed by atoms with E-state index in [1.807, 2.05) is 20.8 Å². The van der Waals surface area contributed by atoms with Crippen LogP contribution in [-0.2, 0) is 9.53 Å². The van der Waals surface area contributed by atoms with Crippen LogP contribution in [-0.4, -0.2) is 22.6 Å². The molecule has 1 unspecified atom stereocenters. The summed E-state index contributed by atoms with van der Waals surface area (Å²) in [5.41, 5.74) is -0.333. The van der Waals surface area contributed by atoms with Crippen LogP contribution in [0, 0.1) is 0 Å². The highest BCUT2D eigenvalue weighted by Gasteiger charge is 2.28. The summed E-state index contributed by atoms with van der Waals surface area (Å²) in [4.78, 5) is 11.4. The third kappa shape index (κ3) is 3.05. The zero-order valence-electron chi connectivity index (χ0n) is 7.92. The predicted octanol–water partition coefficient (Wildman–Crippen LogP) is 2.22.